The molecule has 1 aromatic heterocycles. The molecule has 1 aliphatic rings. The maximum absolute atomic E-state index is 5.92. The van der Waals surface area contributed by atoms with E-state index < -0.39 is 0 Å². The number of aryl methyl sites for hydroxylation is 1. The Balaban J connectivity index is 1.92. The summed E-state index contributed by atoms with van der Waals surface area (Å²) in [6.45, 7) is 4.35. The Hall–Kier alpha value is -1.81. The minimum Gasteiger partial charge on any atom is -0.399 e. The first-order valence-electron chi connectivity index (χ1n) is 7.24. The number of benzene rings is 1. The number of nitrogens with two attached hydrogens (primary N) is 1. The largest absolute Gasteiger partial charge is 0.399 e. The van der Waals surface area contributed by atoms with Crippen LogP contribution in [-0.4, -0.2) is 36.1 Å². The lowest BCUT2D eigenvalue weighted by atomic mass is 10.0. The molecule has 0 saturated carbocycles. The van der Waals surface area contributed by atoms with Crippen molar-refractivity contribution in [1.29, 1.82) is 0 Å². The lowest BCUT2D eigenvalue weighted by molar-refractivity contribution is 0.264. The fourth-order valence-corrected chi connectivity index (χ4v) is 2.87. The van der Waals surface area contributed by atoms with Crippen LogP contribution in [0.5, 0.6) is 0 Å². The molecule has 1 aromatic carbocycles. The smallest absolute Gasteiger partial charge is 0.0727 e. The standard InChI is InChI=1S/C16H22N4/c1-11-9-16(19-13-5-7-20(2)8-6-13)14-10-12(17)3-4-15(14)18-11/h3-4,9-10,13H,5-8,17H2,1-2H3,(H,18,19). The third-order valence-electron chi connectivity index (χ3n) is 4.04. The Kier molecular flexibility index (Phi) is 3.49. The summed E-state index contributed by atoms with van der Waals surface area (Å²) < 4.78 is 0. The minimum atomic E-state index is 0.539. The normalized spacial score (nSPS) is 17.5. The molecule has 3 rings (SSSR count). The second-order valence-electron chi connectivity index (χ2n) is 5.81. The fourth-order valence-electron chi connectivity index (χ4n) is 2.87. The zero-order valence-electron chi connectivity index (χ0n) is 12.2. The summed E-state index contributed by atoms with van der Waals surface area (Å²) in [5.74, 6) is 0. The molecule has 0 amide bonds. The number of anilines is 2. The zero-order chi connectivity index (χ0) is 14.1. The predicted molar refractivity (Wildman–Crippen MR) is 85.0 cm³/mol. The van der Waals surface area contributed by atoms with Crippen molar-refractivity contribution in [2.45, 2.75) is 25.8 Å². The highest BCUT2D eigenvalue weighted by atomic mass is 15.1. The highest BCUT2D eigenvalue weighted by molar-refractivity contribution is 5.93. The number of piperidine rings is 1. The monoisotopic (exact) mass is 270 g/mol. The molecular weight excluding hydrogens is 248 g/mol. The van der Waals surface area contributed by atoms with Crippen LogP contribution < -0.4 is 11.1 Å². The minimum absolute atomic E-state index is 0.539. The molecule has 1 aliphatic heterocycles. The van der Waals surface area contributed by atoms with Gasteiger partial charge in [0.2, 0.25) is 0 Å². The Morgan fingerprint density at radius 1 is 1.25 bits per heavy atom. The Bertz CT molecular complexity index is 615. The van der Waals surface area contributed by atoms with Crippen LogP contribution in [0.2, 0.25) is 0 Å². The van der Waals surface area contributed by atoms with E-state index in [0.29, 0.717) is 6.04 Å². The van der Waals surface area contributed by atoms with Gasteiger partial charge in [0.15, 0.2) is 0 Å². The molecule has 0 unspecified atom stereocenters. The van der Waals surface area contributed by atoms with Crippen molar-refractivity contribution in [1.82, 2.24) is 9.88 Å². The first-order valence-corrected chi connectivity index (χ1v) is 7.24. The number of fused-ring (bicyclic) bond motifs is 1. The van der Waals surface area contributed by atoms with Gasteiger partial charge in [-0.1, -0.05) is 0 Å². The van der Waals surface area contributed by atoms with Gasteiger partial charge in [-0.05, 0) is 64.2 Å². The molecule has 0 radical (unpaired) electrons. The Labute approximate surface area is 120 Å². The van der Waals surface area contributed by atoms with E-state index in [1.54, 1.807) is 0 Å². The van der Waals surface area contributed by atoms with Crippen LogP contribution in [0.15, 0.2) is 24.3 Å². The van der Waals surface area contributed by atoms with Crippen LogP contribution in [0.1, 0.15) is 18.5 Å². The third kappa shape index (κ3) is 2.70. The van der Waals surface area contributed by atoms with Crippen molar-refractivity contribution in [2.24, 2.45) is 0 Å². The van der Waals surface area contributed by atoms with Crippen LogP contribution in [0.3, 0.4) is 0 Å². The highest BCUT2D eigenvalue weighted by Gasteiger charge is 2.17. The molecule has 0 aliphatic carbocycles. The number of likely N-dealkylation sites (tertiary alicyclic amines) is 1. The maximum atomic E-state index is 5.92. The summed E-state index contributed by atoms with van der Waals surface area (Å²) in [4.78, 5) is 6.96. The number of hydrogen-bond donors (Lipinski definition) is 2. The SMILES string of the molecule is Cc1cc(NC2CCN(C)CC2)c2cc(N)ccc2n1. The first-order chi connectivity index (χ1) is 9.61. The molecule has 1 fully saturated rings. The maximum Gasteiger partial charge on any atom is 0.0727 e. The summed E-state index contributed by atoms with van der Waals surface area (Å²) in [5.41, 5.74) is 9.92. The molecule has 4 heteroatoms. The van der Waals surface area contributed by atoms with Gasteiger partial charge in [-0.15, -0.1) is 0 Å². The van der Waals surface area contributed by atoms with E-state index in [2.05, 4.69) is 28.3 Å². The van der Waals surface area contributed by atoms with E-state index in [0.717, 1.165) is 41.1 Å². The average Bonchev–Trinajstić information content (AvgIpc) is 2.42. The molecule has 3 N–H and O–H groups in total. The summed E-state index contributed by atoms with van der Waals surface area (Å²) >= 11 is 0. The molecule has 20 heavy (non-hydrogen) atoms. The van der Waals surface area contributed by atoms with Crippen molar-refractivity contribution >= 4 is 22.3 Å². The van der Waals surface area contributed by atoms with Gasteiger partial charge < -0.3 is 16.0 Å². The molecule has 2 heterocycles. The van der Waals surface area contributed by atoms with Gasteiger partial charge in [-0.2, -0.15) is 0 Å². The summed E-state index contributed by atoms with van der Waals surface area (Å²) in [6.07, 6.45) is 2.36. The van der Waals surface area contributed by atoms with Crippen LogP contribution in [0.4, 0.5) is 11.4 Å². The van der Waals surface area contributed by atoms with Crippen molar-refractivity contribution in [3.05, 3.63) is 30.0 Å². The van der Waals surface area contributed by atoms with E-state index >= 15 is 0 Å². The van der Waals surface area contributed by atoms with Gasteiger partial charge in [0, 0.05) is 28.5 Å². The lowest BCUT2D eigenvalue weighted by Crippen LogP contribution is -2.36. The molecule has 2 aromatic rings. The van der Waals surface area contributed by atoms with E-state index in [-0.39, 0.29) is 0 Å². The average molecular weight is 270 g/mol. The topological polar surface area (TPSA) is 54.2 Å². The molecule has 0 bridgehead atoms. The van der Waals surface area contributed by atoms with Gasteiger partial charge in [-0.25, -0.2) is 0 Å². The molecule has 1 saturated heterocycles. The molecule has 106 valence electrons. The van der Waals surface area contributed by atoms with E-state index in [1.807, 2.05) is 25.1 Å². The second kappa shape index (κ2) is 5.29. The summed E-state index contributed by atoms with van der Waals surface area (Å²) in [6, 6.07) is 8.59. The van der Waals surface area contributed by atoms with Crippen LogP contribution in [0, 0.1) is 6.92 Å². The lowest BCUT2D eigenvalue weighted by Gasteiger charge is -2.30. The quantitative estimate of drug-likeness (QED) is 0.824. The van der Waals surface area contributed by atoms with Gasteiger partial charge >= 0.3 is 0 Å². The molecule has 0 atom stereocenters. The predicted octanol–water partition coefficient (Wildman–Crippen LogP) is 2.63. The number of hydrogen-bond acceptors (Lipinski definition) is 4. The van der Waals surface area contributed by atoms with Crippen LogP contribution in [0.25, 0.3) is 10.9 Å². The fraction of sp³-hybridized carbons (Fsp3) is 0.438. The molecular formula is C16H22N4. The number of pyridine rings is 1. The zero-order valence-corrected chi connectivity index (χ0v) is 12.2. The summed E-state index contributed by atoms with van der Waals surface area (Å²) in [7, 11) is 2.18. The van der Waals surface area contributed by atoms with Gasteiger partial charge in [0.25, 0.3) is 0 Å². The number of nitrogens with one attached hydrogen (secondary N) is 1. The number of nitrogens with zero attached hydrogens (tertiary/aromatic N) is 2. The first kappa shape index (κ1) is 13.2. The van der Waals surface area contributed by atoms with Crippen molar-refractivity contribution in [3.63, 3.8) is 0 Å². The van der Waals surface area contributed by atoms with Gasteiger partial charge in [0.05, 0.1) is 5.52 Å². The number of aromatic nitrogens is 1. The van der Waals surface area contributed by atoms with Crippen molar-refractivity contribution in [2.75, 3.05) is 31.2 Å². The van der Waals surface area contributed by atoms with E-state index in [1.165, 1.54) is 12.8 Å². The van der Waals surface area contributed by atoms with Gasteiger partial charge in [-0.3, -0.25) is 4.98 Å². The van der Waals surface area contributed by atoms with Crippen LogP contribution in [-0.2, 0) is 0 Å². The third-order valence-corrected chi connectivity index (χ3v) is 4.04. The van der Waals surface area contributed by atoms with Crippen molar-refractivity contribution < 1.29 is 0 Å². The Morgan fingerprint density at radius 2 is 2.00 bits per heavy atom. The van der Waals surface area contributed by atoms with Crippen molar-refractivity contribution in [3.8, 4) is 0 Å². The molecule has 0 spiro atoms. The van der Waals surface area contributed by atoms with E-state index in [9.17, 15) is 0 Å². The highest BCUT2D eigenvalue weighted by Crippen LogP contribution is 2.27. The van der Waals surface area contributed by atoms with E-state index in [4.69, 9.17) is 5.73 Å². The van der Waals surface area contributed by atoms with Crippen LogP contribution >= 0.6 is 0 Å². The summed E-state index contributed by atoms with van der Waals surface area (Å²) in [5, 5.41) is 4.81. The number of nitrogen functional groups attached to an aromatic ring is 1. The van der Waals surface area contributed by atoms with Gasteiger partial charge in [0.1, 0.15) is 0 Å². The molecule has 4 nitrogen and oxygen atoms in total. The second-order valence-corrected chi connectivity index (χ2v) is 5.81. The Morgan fingerprint density at radius 3 is 2.75 bits per heavy atom. The number of rotatable bonds is 2.